The van der Waals surface area contributed by atoms with Gasteiger partial charge in [-0.2, -0.15) is 0 Å². The van der Waals surface area contributed by atoms with Gasteiger partial charge in [0.1, 0.15) is 12.3 Å². The van der Waals surface area contributed by atoms with Gasteiger partial charge in [0.15, 0.2) is 0 Å². The van der Waals surface area contributed by atoms with E-state index in [0.29, 0.717) is 11.6 Å². The van der Waals surface area contributed by atoms with E-state index in [9.17, 15) is 13.2 Å². The van der Waals surface area contributed by atoms with Crippen molar-refractivity contribution in [2.45, 2.75) is 71.2 Å². The van der Waals surface area contributed by atoms with Crippen molar-refractivity contribution in [2.24, 2.45) is 0 Å². The van der Waals surface area contributed by atoms with Crippen molar-refractivity contribution in [3.8, 4) is 5.75 Å². The predicted molar refractivity (Wildman–Crippen MR) is 155 cm³/mol. The molecule has 3 rings (SSSR count). The van der Waals surface area contributed by atoms with Gasteiger partial charge >= 0.3 is 0 Å². The molecule has 3 aromatic carbocycles. The summed E-state index contributed by atoms with van der Waals surface area (Å²) in [6.45, 7) is 13.8. The number of nitrogens with zero attached hydrogens (tertiary/aromatic N) is 1. The third kappa shape index (κ3) is 6.57. The molecule has 1 amide bonds. The lowest BCUT2D eigenvalue weighted by molar-refractivity contribution is -0.120. The maximum absolute atomic E-state index is 13.7. The smallest absolute Gasteiger partial charge is 0.264 e. The molecule has 38 heavy (non-hydrogen) atoms. The Morgan fingerprint density at radius 1 is 0.868 bits per heavy atom. The third-order valence-electron chi connectivity index (χ3n) is 6.83. The van der Waals surface area contributed by atoms with Gasteiger partial charge in [0.2, 0.25) is 5.91 Å². The highest BCUT2D eigenvalue weighted by molar-refractivity contribution is 7.92. The maximum atomic E-state index is 13.7. The highest BCUT2D eigenvalue weighted by atomic mass is 32.2. The van der Waals surface area contributed by atoms with Crippen molar-refractivity contribution in [3.63, 3.8) is 0 Å². The van der Waals surface area contributed by atoms with Crippen LogP contribution in [0.25, 0.3) is 0 Å². The van der Waals surface area contributed by atoms with E-state index in [-0.39, 0.29) is 29.3 Å². The Morgan fingerprint density at radius 2 is 1.47 bits per heavy atom. The van der Waals surface area contributed by atoms with Crippen LogP contribution in [0.1, 0.15) is 80.3 Å². The van der Waals surface area contributed by atoms with Gasteiger partial charge in [0.25, 0.3) is 10.0 Å². The van der Waals surface area contributed by atoms with E-state index in [4.69, 9.17) is 4.74 Å². The molecule has 3 aromatic rings. The normalized spacial score (nSPS) is 12.5. The van der Waals surface area contributed by atoms with Gasteiger partial charge in [-0.3, -0.25) is 9.10 Å². The van der Waals surface area contributed by atoms with E-state index in [1.165, 1.54) is 4.31 Å². The van der Waals surface area contributed by atoms with E-state index in [1.807, 2.05) is 39.0 Å². The first kappa shape index (κ1) is 29.2. The lowest BCUT2D eigenvalue weighted by atomic mass is 9.93. The van der Waals surface area contributed by atoms with E-state index in [2.05, 4.69) is 39.1 Å². The number of hydrogen-bond acceptors (Lipinski definition) is 4. The minimum atomic E-state index is -3.98. The van der Waals surface area contributed by atoms with E-state index < -0.39 is 10.0 Å². The van der Waals surface area contributed by atoms with Crippen LogP contribution in [0.5, 0.6) is 5.75 Å². The summed E-state index contributed by atoms with van der Waals surface area (Å²) in [5.41, 5.74) is 5.52. The number of nitrogens with one attached hydrogen (secondary N) is 1. The van der Waals surface area contributed by atoms with Crippen molar-refractivity contribution in [1.82, 2.24) is 5.32 Å². The van der Waals surface area contributed by atoms with Crippen LogP contribution in [0, 0.1) is 13.8 Å². The van der Waals surface area contributed by atoms with E-state index >= 15 is 0 Å². The standard InChI is InChI=1S/C31H40N2O4S/c1-20(2)25-11-13-26(14-12-25)33(38(35,36)27-15-9-22(5)10-16-27)19-31(34)32-24(7)29-18-28(21(3)4)30(37-8)17-23(29)6/h9-18,20-21,24H,19H2,1-8H3,(H,32,34). The lowest BCUT2D eigenvalue weighted by Gasteiger charge is -2.26. The first-order chi connectivity index (χ1) is 17.8. The lowest BCUT2D eigenvalue weighted by Crippen LogP contribution is -2.41. The number of carbonyl (C=O) groups is 1. The number of rotatable bonds is 10. The Labute approximate surface area is 228 Å². The second-order valence-electron chi connectivity index (χ2n) is 10.5. The summed E-state index contributed by atoms with van der Waals surface area (Å²) in [4.78, 5) is 13.5. The molecule has 0 heterocycles. The number of anilines is 1. The van der Waals surface area contributed by atoms with Gasteiger partial charge in [-0.1, -0.05) is 57.5 Å². The summed E-state index contributed by atoms with van der Waals surface area (Å²) in [7, 11) is -2.32. The number of aryl methyl sites for hydroxylation is 2. The number of amides is 1. The highest BCUT2D eigenvalue weighted by Gasteiger charge is 2.28. The number of ether oxygens (including phenoxy) is 1. The van der Waals surface area contributed by atoms with E-state index in [0.717, 1.165) is 33.6 Å². The molecule has 1 N–H and O–H groups in total. The van der Waals surface area contributed by atoms with Gasteiger partial charge in [-0.15, -0.1) is 0 Å². The molecule has 1 atom stereocenters. The Bertz CT molecular complexity index is 1360. The Morgan fingerprint density at radius 3 is 2.00 bits per heavy atom. The van der Waals surface area contributed by atoms with Crippen LogP contribution in [-0.4, -0.2) is 28.0 Å². The van der Waals surface area contributed by atoms with Gasteiger partial charge in [0, 0.05) is 0 Å². The molecule has 0 spiro atoms. The minimum Gasteiger partial charge on any atom is -0.496 e. The fourth-order valence-corrected chi connectivity index (χ4v) is 5.90. The molecular formula is C31H40N2O4S. The zero-order valence-corrected chi connectivity index (χ0v) is 24.5. The van der Waals surface area contributed by atoms with E-state index in [1.54, 1.807) is 43.5 Å². The van der Waals surface area contributed by atoms with Crippen molar-refractivity contribution in [2.75, 3.05) is 18.0 Å². The fourth-order valence-electron chi connectivity index (χ4n) is 4.48. The third-order valence-corrected chi connectivity index (χ3v) is 8.62. The highest BCUT2D eigenvalue weighted by Crippen LogP contribution is 2.32. The van der Waals surface area contributed by atoms with Crippen LogP contribution in [0.2, 0.25) is 0 Å². The summed E-state index contributed by atoms with van der Waals surface area (Å²) in [6, 6.07) is 17.7. The van der Waals surface area contributed by atoms with Crippen LogP contribution in [0.4, 0.5) is 5.69 Å². The second kappa shape index (κ2) is 12.0. The SMILES string of the molecule is COc1cc(C)c(C(C)NC(=O)CN(c2ccc(C(C)C)cc2)S(=O)(=O)c2ccc(C)cc2)cc1C(C)C. The van der Waals surface area contributed by atoms with Crippen molar-refractivity contribution in [3.05, 3.63) is 88.5 Å². The summed E-state index contributed by atoms with van der Waals surface area (Å²) >= 11 is 0. The van der Waals surface area contributed by atoms with Crippen LogP contribution < -0.4 is 14.4 Å². The number of hydrogen-bond donors (Lipinski definition) is 1. The first-order valence-electron chi connectivity index (χ1n) is 13.0. The first-order valence-corrected chi connectivity index (χ1v) is 14.5. The number of methoxy groups -OCH3 is 1. The van der Waals surface area contributed by atoms with Gasteiger partial charge in [0.05, 0.1) is 23.7 Å². The number of sulfonamides is 1. The molecule has 0 aliphatic heterocycles. The molecule has 7 heteroatoms. The van der Waals surface area contributed by atoms with Gasteiger partial charge in [-0.25, -0.2) is 8.42 Å². The Balaban J connectivity index is 1.93. The van der Waals surface area contributed by atoms with Crippen molar-refractivity contribution >= 4 is 21.6 Å². The van der Waals surface area contributed by atoms with Crippen molar-refractivity contribution in [1.29, 1.82) is 0 Å². The molecule has 0 fully saturated rings. The molecule has 0 aliphatic rings. The van der Waals surface area contributed by atoms with Crippen LogP contribution >= 0.6 is 0 Å². The quantitative estimate of drug-likeness (QED) is 0.315. The molecule has 0 saturated carbocycles. The average Bonchev–Trinajstić information content (AvgIpc) is 2.87. The Kier molecular flexibility index (Phi) is 9.26. The summed E-state index contributed by atoms with van der Waals surface area (Å²) in [5.74, 6) is 0.984. The molecule has 0 bridgehead atoms. The molecule has 0 aromatic heterocycles. The predicted octanol–water partition coefficient (Wildman–Crippen LogP) is 6.63. The molecule has 6 nitrogen and oxygen atoms in total. The van der Waals surface area contributed by atoms with Crippen LogP contribution in [-0.2, 0) is 14.8 Å². The molecule has 0 radical (unpaired) electrons. The maximum Gasteiger partial charge on any atom is 0.264 e. The molecular weight excluding hydrogens is 496 g/mol. The largest absolute Gasteiger partial charge is 0.496 e. The fraction of sp³-hybridized carbons (Fsp3) is 0.387. The number of carbonyl (C=O) groups excluding carboxylic acids is 1. The molecule has 204 valence electrons. The van der Waals surface area contributed by atoms with Gasteiger partial charge < -0.3 is 10.1 Å². The summed E-state index contributed by atoms with van der Waals surface area (Å²) < 4.78 is 34.2. The second-order valence-corrected chi connectivity index (χ2v) is 12.3. The summed E-state index contributed by atoms with van der Waals surface area (Å²) in [6.07, 6.45) is 0. The minimum absolute atomic E-state index is 0.143. The zero-order valence-electron chi connectivity index (χ0n) is 23.7. The summed E-state index contributed by atoms with van der Waals surface area (Å²) in [5, 5.41) is 3.02. The monoisotopic (exact) mass is 536 g/mol. The molecule has 0 saturated heterocycles. The van der Waals surface area contributed by atoms with Crippen molar-refractivity contribution < 1.29 is 17.9 Å². The Hall–Kier alpha value is -3.32. The van der Waals surface area contributed by atoms with Crippen LogP contribution in [0.3, 0.4) is 0 Å². The average molecular weight is 537 g/mol. The molecule has 1 unspecified atom stereocenters. The topological polar surface area (TPSA) is 75.7 Å². The van der Waals surface area contributed by atoms with Gasteiger partial charge in [-0.05, 0) is 91.3 Å². The zero-order chi connectivity index (χ0) is 28.2. The van der Waals surface area contributed by atoms with Crippen LogP contribution in [0.15, 0.2) is 65.6 Å². The number of benzene rings is 3. The molecule has 0 aliphatic carbocycles.